The summed E-state index contributed by atoms with van der Waals surface area (Å²) < 4.78 is 0. The Morgan fingerprint density at radius 1 is 1.41 bits per heavy atom. The van der Waals surface area contributed by atoms with Gasteiger partial charge in [-0.3, -0.25) is 4.90 Å². The van der Waals surface area contributed by atoms with E-state index < -0.39 is 0 Å². The standard InChI is InChI=1S/C14H22N2S/c1-10-6-8-17-14(10)13-11(9-15-2)5-7-16(13)12-3-4-12/h6,8,11-13,15H,3-5,7,9H2,1-2H3. The van der Waals surface area contributed by atoms with Gasteiger partial charge in [-0.25, -0.2) is 0 Å². The number of aryl methyl sites for hydroxylation is 1. The number of hydrogen-bond donors (Lipinski definition) is 1. The van der Waals surface area contributed by atoms with Gasteiger partial charge in [0, 0.05) is 17.0 Å². The average molecular weight is 250 g/mol. The van der Waals surface area contributed by atoms with Gasteiger partial charge in [-0.05, 0) is 69.3 Å². The second kappa shape index (κ2) is 4.71. The van der Waals surface area contributed by atoms with E-state index in [1.165, 1.54) is 31.4 Å². The van der Waals surface area contributed by atoms with Crippen LogP contribution in [0.1, 0.15) is 35.7 Å². The fourth-order valence-electron chi connectivity index (χ4n) is 3.23. The largest absolute Gasteiger partial charge is 0.319 e. The van der Waals surface area contributed by atoms with Crippen LogP contribution < -0.4 is 5.32 Å². The molecule has 3 rings (SSSR count). The molecule has 2 atom stereocenters. The Hall–Kier alpha value is -0.380. The van der Waals surface area contributed by atoms with Crippen molar-refractivity contribution in [3.8, 4) is 0 Å². The Morgan fingerprint density at radius 2 is 2.24 bits per heavy atom. The fraction of sp³-hybridized carbons (Fsp3) is 0.714. The molecule has 0 radical (unpaired) electrons. The van der Waals surface area contributed by atoms with Crippen molar-refractivity contribution >= 4 is 11.3 Å². The summed E-state index contributed by atoms with van der Waals surface area (Å²) in [6.07, 6.45) is 4.21. The summed E-state index contributed by atoms with van der Waals surface area (Å²) in [6, 6.07) is 3.86. The number of likely N-dealkylation sites (tertiary alicyclic amines) is 1. The summed E-state index contributed by atoms with van der Waals surface area (Å²) in [5.74, 6) is 0.804. The van der Waals surface area contributed by atoms with Crippen LogP contribution >= 0.6 is 11.3 Å². The zero-order valence-corrected chi connectivity index (χ0v) is 11.6. The van der Waals surface area contributed by atoms with Crippen molar-refractivity contribution < 1.29 is 0 Å². The summed E-state index contributed by atoms with van der Waals surface area (Å²) in [7, 11) is 2.08. The molecule has 2 nitrogen and oxygen atoms in total. The Bertz CT molecular complexity index is 383. The van der Waals surface area contributed by atoms with Crippen LogP contribution in [0.2, 0.25) is 0 Å². The van der Waals surface area contributed by atoms with Gasteiger partial charge >= 0.3 is 0 Å². The predicted molar refractivity (Wildman–Crippen MR) is 73.6 cm³/mol. The molecule has 0 spiro atoms. The summed E-state index contributed by atoms with van der Waals surface area (Å²) in [4.78, 5) is 4.40. The lowest BCUT2D eigenvalue weighted by atomic mass is 9.97. The minimum atomic E-state index is 0.690. The van der Waals surface area contributed by atoms with Gasteiger partial charge in [0.25, 0.3) is 0 Å². The normalized spacial score (nSPS) is 30.0. The molecule has 94 valence electrons. The third-order valence-corrected chi connectivity index (χ3v) is 5.30. The first-order valence-electron chi connectivity index (χ1n) is 6.75. The lowest BCUT2D eigenvalue weighted by molar-refractivity contribution is 0.220. The Kier molecular flexibility index (Phi) is 3.24. The molecule has 0 aromatic carbocycles. The highest BCUT2D eigenvalue weighted by Crippen LogP contribution is 2.46. The van der Waals surface area contributed by atoms with Crippen molar-refractivity contribution in [3.05, 3.63) is 21.9 Å². The highest BCUT2D eigenvalue weighted by molar-refractivity contribution is 7.10. The van der Waals surface area contributed by atoms with E-state index in [4.69, 9.17) is 0 Å². The molecule has 1 saturated carbocycles. The number of nitrogens with zero attached hydrogens (tertiary/aromatic N) is 1. The van der Waals surface area contributed by atoms with Crippen molar-refractivity contribution in [1.82, 2.24) is 10.2 Å². The SMILES string of the molecule is CNCC1CCN(C2CC2)C1c1sccc1C. The number of hydrogen-bond acceptors (Lipinski definition) is 3. The van der Waals surface area contributed by atoms with Crippen LogP contribution in [0.5, 0.6) is 0 Å². The summed E-state index contributed by atoms with van der Waals surface area (Å²) >= 11 is 1.96. The summed E-state index contributed by atoms with van der Waals surface area (Å²) in [5, 5.41) is 5.63. The Morgan fingerprint density at radius 3 is 2.82 bits per heavy atom. The summed E-state index contributed by atoms with van der Waals surface area (Å²) in [6.45, 7) is 4.73. The van der Waals surface area contributed by atoms with Crippen LogP contribution in [0.4, 0.5) is 0 Å². The van der Waals surface area contributed by atoms with Gasteiger partial charge in [-0.2, -0.15) is 0 Å². The topological polar surface area (TPSA) is 15.3 Å². The van der Waals surface area contributed by atoms with Gasteiger partial charge in [0.05, 0.1) is 0 Å². The number of thiophene rings is 1. The monoisotopic (exact) mass is 250 g/mol. The smallest absolute Gasteiger partial charge is 0.0487 e. The van der Waals surface area contributed by atoms with Gasteiger partial charge in [-0.15, -0.1) is 11.3 Å². The zero-order valence-electron chi connectivity index (χ0n) is 10.8. The van der Waals surface area contributed by atoms with Crippen molar-refractivity contribution in [2.24, 2.45) is 5.92 Å². The molecular weight excluding hydrogens is 228 g/mol. The molecular formula is C14H22N2S. The van der Waals surface area contributed by atoms with Crippen molar-refractivity contribution in [3.63, 3.8) is 0 Å². The lowest BCUT2D eigenvalue weighted by Crippen LogP contribution is -2.30. The van der Waals surface area contributed by atoms with Crippen LogP contribution in [0.25, 0.3) is 0 Å². The van der Waals surface area contributed by atoms with E-state index in [0.717, 1.165) is 18.5 Å². The van der Waals surface area contributed by atoms with E-state index in [2.05, 4.69) is 35.6 Å². The average Bonchev–Trinajstić information content (AvgIpc) is 2.96. The van der Waals surface area contributed by atoms with E-state index in [-0.39, 0.29) is 0 Å². The fourth-order valence-corrected chi connectivity index (χ4v) is 4.37. The molecule has 1 saturated heterocycles. The van der Waals surface area contributed by atoms with Crippen molar-refractivity contribution in [2.45, 2.75) is 38.3 Å². The van der Waals surface area contributed by atoms with Crippen LogP contribution in [-0.4, -0.2) is 31.1 Å². The molecule has 3 heteroatoms. The lowest BCUT2D eigenvalue weighted by Gasteiger charge is -2.28. The van der Waals surface area contributed by atoms with Crippen LogP contribution in [0, 0.1) is 12.8 Å². The van der Waals surface area contributed by atoms with Crippen LogP contribution in [0.15, 0.2) is 11.4 Å². The molecule has 1 aliphatic carbocycles. The van der Waals surface area contributed by atoms with Crippen LogP contribution in [0.3, 0.4) is 0 Å². The van der Waals surface area contributed by atoms with Crippen LogP contribution in [-0.2, 0) is 0 Å². The van der Waals surface area contributed by atoms with Gasteiger partial charge in [-0.1, -0.05) is 0 Å². The predicted octanol–water partition coefficient (Wildman–Crippen LogP) is 2.80. The van der Waals surface area contributed by atoms with E-state index in [0.29, 0.717) is 6.04 Å². The van der Waals surface area contributed by atoms with E-state index in [9.17, 15) is 0 Å². The molecule has 1 aromatic heterocycles. The van der Waals surface area contributed by atoms with Gasteiger partial charge < -0.3 is 5.32 Å². The van der Waals surface area contributed by atoms with E-state index in [1.807, 2.05) is 11.3 Å². The molecule has 1 aliphatic heterocycles. The highest BCUT2D eigenvalue weighted by atomic mass is 32.1. The molecule has 2 unspecified atom stereocenters. The Labute approximate surface area is 108 Å². The van der Waals surface area contributed by atoms with Gasteiger partial charge in [0.1, 0.15) is 0 Å². The molecule has 1 N–H and O–H groups in total. The quantitative estimate of drug-likeness (QED) is 0.884. The number of nitrogens with one attached hydrogen (secondary N) is 1. The third kappa shape index (κ3) is 2.16. The highest BCUT2D eigenvalue weighted by Gasteiger charge is 2.43. The molecule has 2 fully saturated rings. The second-order valence-corrected chi connectivity index (χ2v) is 6.44. The molecule has 2 heterocycles. The molecule has 0 amide bonds. The summed E-state index contributed by atoms with van der Waals surface area (Å²) in [5.41, 5.74) is 1.49. The second-order valence-electron chi connectivity index (χ2n) is 5.49. The minimum Gasteiger partial charge on any atom is -0.319 e. The first-order valence-corrected chi connectivity index (χ1v) is 7.63. The molecule has 1 aromatic rings. The minimum absolute atomic E-state index is 0.690. The van der Waals surface area contributed by atoms with E-state index >= 15 is 0 Å². The number of rotatable bonds is 4. The van der Waals surface area contributed by atoms with E-state index in [1.54, 1.807) is 4.88 Å². The van der Waals surface area contributed by atoms with Gasteiger partial charge in [0.2, 0.25) is 0 Å². The maximum Gasteiger partial charge on any atom is 0.0487 e. The first kappa shape index (κ1) is 11.7. The Balaban J connectivity index is 1.86. The maximum absolute atomic E-state index is 3.38. The molecule has 17 heavy (non-hydrogen) atoms. The van der Waals surface area contributed by atoms with Gasteiger partial charge in [0.15, 0.2) is 0 Å². The molecule has 0 bridgehead atoms. The maximum atomic E-state index is 3.38. The zero-order chi connectivity index (χ0) is 11.8. The van der Waals surface area contributed by atoms with Crippen molar-refractivity contribution in [2.75, 3.05) is 20.1 Å². The third-order valence-electron chi connectivity index (χ3n) is 4.21. The van der Waals surface area contributed by atoms with Crippen molar-refractivity contribution in [1.29, 1.82) is 0 Å². The molecule has 2 aliphatic rings. The first-order chi connectivity index (χ1) is 8.31.